The molecule has 1 aromatic carbocycles. The van der Waals surface area contributed by atoms with E-state index in [1.165, 1.54) is 18.5 Å². The molecule has 15 heteroatoms. The van der Waals surface area contributed by atoms with Crippen molar-refractivity contribution in [3.63, 3.8) is 0 Å². The van der Waals surface area contributed by atoms with E-state index in [1.54, 1.807) is 18.7 Å². The number of carbonyl (C=O) groups excluding carboxylic acids is 1. The Morgan fingerprint density at radius 1 is 1.09 bits per heavy atom. The van der Waals surface area contributed by atoms with Crippen molar-refractivity contribution in [2.75, 3.05) is 25.1 Å². The highest BCUT2D eigenvalue weighted by Crippen LogP contribution is 2.52. The molecule has 3 aromatic rings. The number of rotatable bonds is 7. The van der Waals surface area contributed by atoms with Crippen molar-refractivity contribution >= 4 is 11.6 Å². The number of benzene rings is 1. The Morgan fingerprint density at radius 3 is 2.43 bits per heavy atom. The van der Waals surface area contributed by atoms with E-state index >= 15 is 0 Å². The van der Waals surface area contributed by atoms with Gasteiger partial charge in [0.25, 0.3) is 11.5 Å². The number of hydrogen-bond donors (Lipinski definition) is 0. The van der Waals surface area contributed by atoms with E-state index in [9.17, 15) is 35.9 Å². The predicted molar refractivity (Wildman–Crippen MR) is 154 cm³/mol. The number of nitrogens with zero attached hydrogens (tertiary/aromatic N) is 6. The zero-order valence-electron chi connectivity index (χ0n) is 25.6. The van der Waals surface area contributed by atoms with Crippen LogP contribution in [0.3, 0.4) is 0 Å². The van der Waals surface area contributed by atoms with Gasteiger partial charge in [0.15, 0.2) is 0 Å². The van der Waals surface area contributed by atoms with E-state index in [-0.39, 0.29) is 35.3 Å². The highest BCUT2D eigenvalue weighted by Gasteiger charge is 2.49. The quantitative estimate of drug-likeness (QED) is 0.333. The lowest BCUT2D eigenvalue weighted by Gasteiger charge is -2.46. The average Bonchev–Trinajstić information content (AvgIpc) is 3.53. The van der Waals surface area contributed by atoms with Crippen LogP contribution < -0.4 is 10.5 Å². The molecule has 0 bridgehead atoms. The van der Waals surface area contributed by atoms with Crippen LogP contribution in [0.15, 0.2) is 35.5 Å². The third-order valence-corrected chi connectivity index (χ3v) is 9.40. The Balaban J connectivity index is 1.44. The fourth-order valence-corrected chi connectivity index (χ4v) is 7.39. The summed E-state index contributed by atoms with van der Waals surface area (Å²) >= 11 is 0. The second-order valence-electron chi connectivity index (χ2n) is 12.8. The number of alkyl halides is 6. The van der Waals surface area contributed by atoms with Crippen molar-refractivity contribution in [1.29, 1.82) is 0 Å². The normalized spacial score (nSPS) is 23.9. The molecule has 1 aliphatic carbocycles. The Hall–Kier alpha value is -3.72. The molecule has 248 valence electrons. The summed E-state index contributed by atoms with van der Waals surface area (Å²) in [7, 11) is 3.28. The second-order valence-corrected chi connectivity index (χ2v) is 12.8. The minimum absolute atomic E-state index is 0.0583. The smallest absolute Gasteiger partial charge is 0.380 e. The Kier molecular flexibility index (Phi) is 8.06. The highest BCUT2D eigenvalue weighted by atomic mass is 19.4. The maximum Gasteiger partial charge on any atom is 0.416 e. The summed E-state index contributed by atoms with van der Waals surface area (Å²) < 4.78 is 92.0. The number of aryl methyl sites for hydroxylation is 1. The molecule has 46 heavy (non-hydrogen) atoms. The molecular formula is C31H34F6N6O3. The van der Waals surface area contributed by atoms with Gasteiger partial charge in [0.2, 0.25) is 0 Å². The third-order valence-electron chi connectivity index (χ3n) is 9.40. The molecule has 6 rings (SSSR count). The van der Waals surface area contributed by atoms with Crippen molar-refractivity contribution < 1.29 is 35.9 Å². The topological polar surface area (TPSA) is 85.5 Å². The summed E-state index contributed by atoms with van der Waals surface area (Å²) in [4.78, 5) is 30.3. The number of amides is 1. The lowest BCUT2D eigenvalue weighted by molar-refractivity contribution is -0.141. The average molecular weight is 653 g/mol. The fraction of sp³-hybridized carbons (Fsp3) is 0.548. The minimum atomic E-state index is -4.82. The molecule has 2 aliphatic heterocycles. The summed E-state index contributed by atoms with van der Waals surface area (Å²) in [6, 6.07) is 3.76. The molecule has 1 amide bonds. The van der Waals surface area contributed by atoms with Crippen LogP contribution >= 0.6 is 0 Å². The number of hydrogen-bond acceptors (Lipinski definition) is 6. The first-order valence-corrected chi connectivity index (χ1v) is 15.1. The van der Waals surface area contributed by atoms with Crippen molar-refractivity contribution in [2.24, 2.45) is 13.0 Å². The largest absolute Gasteiger partial charge is 0.416 e. The molecule has 0 spiro atoms. The number of likely N-dealkylation sites (tertiary alicyclic amines) is 1. The molecule has 2 fully saturated rings. The van der Waals surface area contributed by atoms with Crippen LogP contribution in [0.4, 0.5) is 32.0 Å². The van der Waals surface area contributed by atoms with Gasteiger partial charge < -0.3 is 13.9 Å². The molecule has 0 radical (unpaired) electrons. The van der Waals surface area contributed by atoms with Crippen LogP contribution in [-0.4, -0.2) is 62.6 Å². The zero-order valence-corrected chi connectivity index (χ0v) is 25.6. The van der Waals surface area contributed by atoms with Gasteiger partial charge in [-0.15, -0.1) is 10.2 Å². The van der Waals surface area contributed by atoms with Crippen LogP contribution in [0.25, 0.3) is 0 Å². The van der Waals surface area contributed by atoms with Crippen molar-refractivity contribution in [3.05, 3.63) is 74.7 Å². The first-order chi connectivity index (χ1) is 21.6. The number of carbonyl (C=O) groups is 1. The van der Waals surface area contributed by atoms with Gasteiger partial charge in [0.05, 0.1) is 23.6 Å². The molecule has 2 aromatic heterocycles. The number of methoxy groups -OCH3 is 1. The lowest BCUT2D eigenvalue weighted by atomic mass is 9.59. The summed E-state index contributed by atoms with van der Waals surface area (Å²) in [6.45, 7) is 1.04. The number of ether oxygens (including phenoxy) is 1. The third kappa shape index (κ3) is 5.83. The molecule has 4 heterocycles. The first-order valence-electron chi connectivity index (χ1n) is 15.1. The van der Waals surface area contributed by atoms with Crippen LogP contribution in [0.5, 0.6) is 0 Å². The SMILES string of the molecule is CO[C@H]1CCCN(Cc2cc3c(c(C(F)(F)F)c2)CN(c2cc(C4(c5nncn5C)CC(C)C4)cn(CC(F)(F)F)c2=O)C3=O)C1. The van der Waals surface area contributed by atoms with Crippen molar-refractivity contribution in [3.8, 4) is 0 Å². The van der Waals surface area contributed by atoms with E-state index in [1.807, 2.05) is 11.8 Å². The van der Waals surface area contributed by atoms with E-state index in [2.05, 4.69) is 10.2 Å². The van der Waals surface area contributed by atoms with E-state index < -0.39 is 53.6 Å². The molecule has 1 saturated carbocycles. The first kappa shape index (κ1) is 32.2. The number of aromatic nitrogens is 4. The Morgan fingerprint density at radius 2 is 1.83 bits per heavy atom. The van der Waals surface area contributed by atoms with Crippen LogP contribution in [-0.2, 0) is 43.0 Å². The summed E-state index contributed by atoms with van der Waals surface area (Å²) in [5.41, 5.74) is -3.43. The fourth-order valence-electron chi connectivity index (χ4n) is 7.39. The number of piperidine rings is 1. The Bertz CT molecular complexity index is 1710. The van der Waals surface area contributed by atoms with Crippen LogP contribution in [0, 0.1) is 5.92 Å². The molecule has 0 unspecified atom stereocenters. The molecule has 0 N–H and O–H groups in total. The van der Waals surface area contributed by atoms with Gasteiger partial charge in [0, 0.05) is 39.0 Å². The highest BCUT2D eigenvalue weighted by molar-refractivity contribution is 6.10. The van der Waals surface area contributed by atoms with Gasteiger partial charge in [-0.2, -0.15) is 26.3 Å². The van der Waals surface area contributed by atoms with Gasteiger partial charge in [-0.3, -0.25) is 19.4 Å². The van der Waals surface area contributed by atoms with E-state index in [4.69, 9.17) is 4.74 Å². The monoisotopic (exact) mass is 652 g/mol. The summed E-state index contributed by atoms with van der Waals surface area (Å²) in [5, 5.41) is 8.15. The molecule has 9 nitrogen and oxygen atoms in total. The van der Waals surface area contributed by atoms with Crippen LogP contribution in [0.1, 0.15) is 71.0 Å². The molecule has 1 atom stereocenters. The minimum Gasteiger partial charge on any atom is -0.380 e. The lowest BCUT2D eigenvalue weighted by Crippen LogP contribution is -2.45. The summed E-state index contributed by atoms with van der Waals surface area (Å²) in [5.74, 6) is -0.229. The van der Waals surface area contributed by atoms with Gasteiger partial charge in [-0.05, 0) is 73.0 Å². The maximum atomic E-state index is 14.4. The molecular weight excluding hydrogens is 618 g/mol. The maximum absolute atomic E-state index is 14.4. The number of fused-ring (bicyclic) bond motifs is 1. The zero-order chi connectivity index (χ0) is 33.2. The van der Waals surface area contributed by atoms with Gasteiger partial charge in [0.1, 0.15) is 24.4 Å². The predicted octanol–water partition coefficient (Wildman–Crippen LogP) is 5.05. The van der Waals surface area contributed by atoms with Crippen molar-refractivity contribution in [1.82, 2.24) is 24.2 Å². The standard InChI is InChI=1S/C31H34F6N6O3/c1-18-10-29(11-18,28-39-38-17-40(28)2)20-9-25(27(45)42(13-20)16-30(32,33)34)43-15-23-22(26(43)44)7-19(8-24(23)31(35,36)37)12-41-6-4-5-21(14-41)46-3/h7-9,13,17-18,21H,4-6,10-12,14-16H2,1-3H3/t18?,21-,29?/m0/s1. The van der Waals surface area contributed by atoms with Gasteiger partial charge in [-0.1, -0.05) is 6.92 Å². The number of pyridine rings is 1. The second kappa shape index (κ2) is 11.5. The molecule has 1 saturated heterocycles. The summed E-state index contributed by atoms with van der Waals surface area (Å²) in [6.07, 6.45) is -4.46. The van der Waals surface area contributed by atoms with Gasteiger partial charge >= 0.3 is 12.4 Å². The Labute approximate surface area is 260 Å². The van der Waals surface area contributed by atoms with Crippen LogP contribution in [0.2, 0.25) is 0 Å². The van der Waals surface area contributed by atoms with E-state index in [0.29, 0.717) is 41.9 Å². The number of anilines is 1. The number of halogens is 6. The van der Waals surface area contributed by atoms with E-state index in [0.717, 1.165) is 30.0 Å². The van der Waals surface area contributed by atoms with Crippen molar-refractivity contribution in [2.45, 2.75) is 76.1 Å². The molecule has 3 aliphatic rings. The van der Waals surface area contributed by atoms with Gasteiger partial charge in [-0.25, -0.2) is 0 Å².